The number of hydrogen-bond acceptors (Lipinski definition) is 5. The molecule has 3 aliphatic rings. The van der Waals surface area contributed by atoms with E-state index in [1.54, 1.807) is 0 Å². The van der Waals surface area contributed by atoms with Gasteiger partial charge in [0.25, 0.3) is 0 Å². The normalized spacial score (nSPS) is 20.4. The molecule has 0 amide bonds. The number of aryl methyl sites for hydroxylation is 2. The van der Waals surface area contributed by atoms with Crippen molar-refractivity contribution in [1.82, 2.24) is 15.0 Å². The lowest BCUT2D eigenvalue weighted by Crippen LogP contribution is -2.35. The molecule has 0 unspecified atom stereocenters. The van der Waals surface area contributed by atoms with Gasteiger partial charge in [-0.2, -0.15) is 0 Å². The van der Waals surface area contributed by atoms with Crippen molar-refractivity contribution >= 4 is 11.0 Å². The first-order chi connectivity index (χ1) is 17.5. The van der Waals surface area contributed by atoms with Crippen molar-refractivity contribution < 1.29 is 9.26 Å². The van der Waals surface area contributed by atoms with E-state index in [-0.39, 0.29) is 0 Å². The zero-order valence-corrected chi connectivity index (χ0v) is 22.7. The van der Waals surface area contributed by atoms with Gasteiger partial charge in [-0.3, -0.25) is 4.90 Å². The Morgan fingerprint density at radius 1 is 1.14 bits per heavy atom. The van der Waals surface area contributed by atoms with Crippen molar-refractivity contribution in [3.05, 3.63) is 52.8 Å². The summed E-state index contributed by atoms with van der Waals surface area (Å²) in [6.07, 6.45) is 19.2. The molecule has 2 fully saturated rings. The Hall–Kier alpha value is -1.95. The van der Waals surface area contributed by atoms with Gasteiger partial charge in [0.2, 0.25) is 0 Å². The highest BCUT2D eigenvalue weighted by Gasteiger charge is 2.42. The molecule has 5 nitrogen and oxygen atoms in total. The van der Waals surface area contributed by atoms with Gasteiger partial charge in [-0.25, -0.2) is 0 Å². The molecule has 1 aliphatic heterocycles. The van der Waals surface area contributed by atoms with Crippen LogP contribution in [0, 0.1) is 11.3 Å². The standard InChI is InChI=1S/C31H45N3O2/c1-33(2)22-28-26(13-16-31(17-18-31)23-35-3)10-11-27-29(32-36-30(27)28)12-9-24-14-19-34(20-15-24)21-25-7-5-4-6-8-25/h5,7-8,10-11,24H,4,6,9,12-23H2,1-3H3. The third kappa shape index (κ3) is 6.30. The van der Waals surface area contributed by atoms with Gasteiger partial charge in [0.05, 0.1) is 12.3 Å². The smallest absolute Gasteiger partial charge is 0.171 e. The third-order valence-corrected chi connectivity index (χ3v) is 8.70. The minimum absolute atomic E-state index is 0.408. The van der Waals surface area contributed by atoms with E-state index in [1.807, 2.05) is 7.11 Å². The minimum atomic E-state index is 0.408. The second-order valence-corrected chi connectivity index (χ2v) is 11.9. The molecule has 1 aromatic heterocycles. The highest BCUT2D eigenvalue weighted by molar-refractivity contribution is 5.83. The number of ether oxygens (including phenoxy) is 1. The maximum atomic E-state index is 6.04. The van der Waals surface area contributed by atoms with E-state index in [4.69, 9.17) is 9.26 Å². The van der Waals surface area contributed by atoms with Gasteiger partial charge < -0.3 is 14.2 Å². The number of benzene rings is 1. The van der Waals surface area contributed by atoms with Crippen LogP contribution in [0.3, 0.4) is 0 Å². The summed E-state index contributed by atoms with van der Waals surface area (Å²) >= 11 is 0. The lowest BCUT2D eigenvalue weighted by atomic mass is 9.90. The number of rotatable bonds is 12. The molecule has 5 rings (SSSR count). The fourth-order valence-electron chi connectivity index (χ4n) is 6.22. The number of fused-ring (bicyclic) bond motifs is 1. The van der Waals surface area contributed by atoms with Crippen LogP contribution in [0.1, 0.15) is 68.2 Å². The summed E-state index contributed by atoms with van der Waals surface area (Å²) in [5.41, 5.74) is 6.81. The number of hydrogen-bond donors (Lipinski definition) is 0. The monoisotopic (exact) mass is 491 g/mol. The largest absolute Gasteiger partial charge is 0.384 e. The minimum Gasteiger partial charge on any atom is -0.384 e. The van der Waals surface area contributed by atoms with E-state index in [9.17, 15) is 0 Å². The molecule has 0 N–H and O–H groups in total. The predicted molar refractivity (Wildman–Crippen MR) is 147 cm³/mol. The number of allylic oxidation sites excluding steroid dienone is 2. The summed E-state index contributed by atoms with van der Waals surface area (Å²) in [7, 11) is 6.11. The van der Waals surface area contributed by atoms with Gasteiger partial charge in [-0.05, 0) is 120 Å². The van der Waals surface area contributed by atoms with Gasteiger partial charge in [0.15, 0.2) is 5.58 Å². The maximum Gasteiger partial charge on any atom is 0.171 e. The van der Waals surface area contributed by atoms with Crippen LogP contribution in [-0.4, -0.2) is 62.4 Å². The average Bonchev–Trinajstić information content (AvgIpc) is 3.52. The summed E-state index contributed by atoms with van der Waals surface area (Å²) in [5.74, 6) is 0.792. The number of methoxy groups -OCH3 is 1. The molecule has 1 aromatic carbocycles. The van der Waals surface area contributed by atoms with E-state index < -0.39 is 0 Å². The number of piperidine rings is 1. The van der Waals surface area contributed by atoms with Crippen LogP contribution in [0.5, 0.6) is 0 Å². The maximum absolute atomic E-state index is 6.04. The SMILES string of the molecule is COCC1(CCc2ccc3c(CCC4CCN(CC5=CCCC=C5)CC4)noc3c2CN(C)C)CC1. The molecular weight excluding hydrogens is 446 g/mol. The van der Waals surface area contributed by atoms with Crippen molar-refractivity contribution in [2.75, 3.05) is 47.4 Å². The van der Waals surface area contributed by atoms with Crippen molar-refractivity contribution in [2.45, 2.75) is 70.8 Å². The Morgan fingerprint density at radius 3 is 2.67 bits per heavy atom. The number of likely N-dealkylation sites (tertiary alicyclic amines) is 1. The molecular formula is C31H45N3O2. The van der Waals surface area contributed by atoms with Crippen LogP contribution in [-0.2, 0) is 24.1 Å². The zero-order valence-electron chi connectivity index (χ0n) is 22.7. The molecule has 0 radical (unpaired) electrons. The fourth-order valence-corrected chi connectivity index (χ4v) is 6.22. The van der Waals surface area contributed by atoms with Gasteiger partial charge in [-0.1, -0.05) is 29.5 Å². The Balaban J connectivity index is 1.19. The van der Waals surface area contributed by atoms with Gasteiger partial charge in [0, 0.05) is 31.1 Å². The van der Waals surface area contributed by atoms with Gasteiger partial charge in [0.1, 0.15) is 0 Å². The third-order valence-electron chi connectivity index (χ3n) is 8.70. The van der Waals surface area contributed by atoms with Crippen molar-refractivity contribution in [2.24, 2.45) is 11.3 Å². The second-order valence-electron chi connectivity index (χ2n) is 11.9. The lowest BCUT2D eigenvalue weighted by molar-refractivity contribution is 0.136. The summed E-state index contributed by atoms with van der Waals surface area (Å²) in [4.78, 5) is 4.88. The highest BCUT2D eigenvalue weighted by Crippen LogP contribution is 2.49. The quantitative estimate of drug-likeness (QED) is 0.355. The predicted octanol–water partition coefficient (Wildman–Crippen LogP) is 6.17. The van der Waals surface area contributed by atoms with E-state index in [2.05, 4.69) is 59.4 Å². The van der Waals surface area contributed by atoms with Gasteiger partial charge in [-0.15, -0.1) is 0 Å². The Bertz CT molecular complexity index is 1070. The van der Waals surface area contributed by atoms with E-state index in [0.29, 0.717) is 5.41 Å². The summed E-state index contributed by atoms with van der Waals surface area (Å²) in [5, 5.41) is 5.82. The second kappa shape index (κ2) is 11.6. The number of aromatic nitrogens is 1. The molecule has 0 spiro atoms. The Morgan fingerprint density at radius 2 is 1.97 bits per heavy atom. The van der Waals surface area contributed by atoms with E-state index >= 15 is 0 Å². The summed E-state index contributed by atoms with van der Waals surface area (Å²) in [6.45, 7) is 5.34. The van der Waals surface area contributed by atoms with Crippen LogP contribution in [0.15, 0.2) is 40.5 Å². The molecule has 5 heteroatoms. The van der Waals surface area contributed by atoms with Crippen LogP contribution in [0.4, 0.5) is 0 Å². The molecule has 2 aromatic rings. The molecule has 0 bridgehead atoms. The fraction of sp³-hybridized carbons (Fsp3) is 0.645. The van der Waals surface area contributed by atoms with Crippen LogP contribution in [0.2, 0.25) is 0 Å². The molecule has 0 atom stereocenters. The van der Waals surface area contributed by atoms with Crippen molar-refractivity contribution in [3.8, 4) is 0 Å². The molecule has 2 heterocycles. The zero-order chi connectivity index (χ0) is 25.0. The molecule has 2 aliphatic carbocycles. The average molecular weight is 492 g/mol. The van der Waals surface area contributed by atoms with Crippen LogP contribution < -0.4 is 0 Å². The first kappa shape index (κ1) is 25.7. The van der Waals surface area contributed by atoms with E-state index in [1.165, 1.54) is 86.5 Å². The first-order valence-corrected chi connectivity index (χ1v) is 14.2. The summed E-state index contributed by atoms with van der Waals surface area (Å²) < 4.78 is 11.5. The highest BCUT2D eigenvalue weighted by atomic mass is 16.5. The number of nitrogens with zero attached hydrogens (tertiary/aromatic N) is 3. The molecule has 1 saturated carbocycles. The lowest BCUT2D eigenvalue weighted by Gasteiger charge is -2.32. The first-order valence-electron chi connectivity index (χ1n) is 14.2. The Labute approximate surface area is 217 Å². The van der Waals surface area contributed by atoms with Crippen LogP contribution >= 0.6 is 0 Å². The topological polar surface area (TPSA) is 41.7 Å². The van der Waals surface area contributed by atoms with E-state index in [0.717, 1.165) is 49.7 Å². The van der Waals surface area contributed by atoms with Crippen molar-refractivity contribution in [3.63, 3.8) is 0 Å². The molecule has 36 heavy (non-hydrogen) atoms. The Kier molecular flexibility index (Phi) is 8.29. The van der Waals surface area contributed by atoms with Crippen LogP contribution in [0.25, 0.3) is 11.0 Å². The van der Waals surface area contributed by atoms with Gasteiger partial charge >= 0.3 is 0 Å². The summed E-state index contributed by atoms with van der Waals surface area (Å²) in [6, 6.07) is 4.62. The van der Waals surface area contributed by atoms with Crippen molar-refractivity contribution in [1.29, 1.82) is 0 Å². The molecule has 1 saturated heterocycles. The molecule has 196 valence electrons.